The van der Waals surface area contributed by atoms with E-state index < -0.39 is 0 Å². The first-order chi connectivity index (χ1) is 23.4. The van der Waals surface area contributed by atoms with Crippen LogP contribution in [-0.2, 0) is 0 Å². The molecule has 6 rings (SSSR count). The quantitative estimate of drug-likeness (QED) is 0.145. The number of benzene rings is 6. The molecule has 0 radical (unpaired) electrons. The van der Waals surface area contributed by atoms with Crippen molar-refractivity contribution in [2.45, 2.75) is 62.3 Å². The van der Waals surface area contributed by atoms with Gasteiger partial charge < -0.3 is 5.32 Å². The van der Waals surface area contributed by atoms with Crippen LogP contribution in [0.1, 0.15) is 56.9 Å². The van der Waals surface area contributed by atoms with Gasteiger partial charge in [0.2, 0.25) is 0 Å². The van der Waals surface area contributed by atoms with Gasteiger partial charge in [0.15, 0.2) is 0 Å². The Morgan fingerprint density at radius 2 is 0.660 bits per heavy atom. The molecule has 0 amide bonds. The van der Waals surface area contributed by atoms with Crippen molar-refractivity contribution >= 4 is 43.1 Å². The number of rotatable bonds is 5. The third-order valence-corrected chi connectivity index (χ3v) is 8.48. The SMILES string of the molecule is C.CCC.CCN(C)CN(C)C.CNCN(C)C.Cc1c2ccccc2c(C)c2ccccc12.Cc1c2ccccc2c(C)c2ccccc12. The molecule has 0 spiro atoms. The number of hydrogen-bond acceptors (Lipinski definition) is 4. The Morgan fingerprint density at radius 3 is 0.760 bits per heavy atom. The third kappa shape index (κ3) is 12.5. The van der Waals surface area contributed by atoms with E-state index in [2.05, 4.69) is 187 Å². The fraction of sp³-hybridized carbons (Fsp3) is 0.391. The molecule has 0 aliphatic carbocycles. The Hall–Kier alpha value is -3.80. The van der Waals surface area contributed by atoms with Crippen LogP contribution in [0.4, 0.5) is 0 Å². The highest BCUT2D eigenvalue weighted by atomic mass is 15.3. The summed E-state index contributed by atoms with van der Waals surface area (Å²) in [5, 5.41) is 14.0. The molecule has 0 bridgehead atoms. The van der Waals surface area contributed by atoms with Gasteiger partial charge in [0, 0.05) is 13.3 Å². The van der Waals surface area contributed by atoms with Crippen molar-refractivity contribution in [3.05, 3.63) is 119 Å². The van der Waals surface area contributed by atoms with Gasteiger partial charge in [0.05, 0.1) is 0 Å². The van der Waals surface area contributed by atoms with Gasteiger partial charge in [-0.2, -0.15) is 0 Å². The van der Waals surface area contributed by atoms with Crippen molar-refractivity contribution in [2.75, 3.05) is 62.2 Å². The van der Waals surface area contributed by atoms with Crippen LogP contribution in [0.3, 0.4) is 0 Å². The van der Waals surface area contributed by atoms with Crippen LogP contribution in [-0.4, -0.2) is 76.9 Å². The van der Waals surface area contributed by atoms with Crippen molar-refractivity contribution in [2.24, 2.45) is 0 Å². The molecule has 0 saturated carbocycles. The van der Waals surface area contributed by atoms with E-state index >= 15 is 0 Å². The molecule has 0 aromatic heterocycles. The topological polar surface area (TPSA) is 21.8 Å². The first kappa shape index (κ1) is 44.2. The number of nitrogens with zero attached hydrogens (tertiary/aromatic N) is 3. The minimum absolute atomic E-state index is 0. The summed E-state index contributed by atoms with van der Waals surface area (Å²) >= 11 is 0. The molecule has 4 nitrogen and oxygen atoms in total. The lowest BCUT2D eigenvalue weighted by atomic mass is 9.93. The molecule has 0 aliphatic rings. The van der Waals surface area contributed by atoms with Crippen LogP contribution in [0, 0.1) is 27.7 Å². The summed E-state index contributed by atoms with van der Waals surface area (Å²) < 4.78 is 0. The van der Waals surface area contributed by atoms with E-state index in [9.17, 15) is 0 Å². The van der Waals surface area contributed by atoms with Crippen molar-refractivity contribution in [1.82, 2.24) is 20.0 Å². The average Bonchev–Trinajstić information content (AvgIpc) is 3.10. The molecule has 0 atom stereocenters. The molecule has 0 heterocycles. The van der Waals surface area contributed by atoms with Crippen LogP contribution in [0.5, 0.6) is 0 Å². The predicted molar refractivity (Wildman–Crippen MR) is 229 cm³/mol. The van der Waals surface area contributed by atoms with Crippen LogP contribution < -0.4 is 5.32 Å². The van der Waals surface area contributed by atoms with E-state index in [0.717, 1.165) is 19.9 Å². The maximum atomic E-state index is 2.99. The molecule has 0 aliphatic heterocycles. The second kappa shape index (κ2) is 22.8. The number of nitrogens with one attached hydrogen (secondary N) is 1. The smallest absolute Gasteiger partial charge is 0.0497 e. The van der Waals surface area contributed by atoms with E-state index in [-0.39, 0.29) is 7.43 Å². The Balaban J connectivity index is 0.000000345. The lowest BCUT2D eigenvalue weighted by Gasteiger charge is -2.18. The van der Waals surface area contributed by atoms with Gasteiger partial charge in [-0.3, -0.25) is 14.7 Å². The molecule has 4 heteroatoms. The summed E-state index contributed by atoms with van der Waals surface area (Å²) in [4.78, 5) is 6.48. The Morgan fingerprint density at radius 1 is 0.440 bits per heavy atom. The van der Waals surface area contributed by atoms with Crippen molar-refractivity contribution in [3.8, 4) is 0 Å². The van der Waals surface area contributed by atoms with Gasteiger partial charge in [-0.25, -0.2) is 0 Å². The van der Waals surface area contributed by atoms with E-state index in [1.54, 1.807) is 0 Å². The van der Waals surface area contributed by atoms with Gasteiger partial charge in [0.25, 0.3) is 0 Å². The van der Waals surface area contributed by atoms with Crippen LogP contribution in [0.25, 0.3) is 43.1 Å². The minimum atomic E-state index is 0. The van der Waals surface area contributed by atoms with E-state index in [1.165, 1.54) is 71.8 Å². The first-order valence-electron chi connectivity index (χ1n) is 17.8. The number of fused-ring (bicyclic) bond motifs is 4. The summed E-state index contributed by atoms with van der Waals surface area (Å²) in [5.41, 5.74) is 5.54. The Kier molecular flexibility index (Phi) is 20.2. The highest BCUT2D eigenvalue weighted by molar-refractivity contribution is 6.06. The number of hydrogen-bond donors (Lipinski definition) is 1. The van der Waals surface area contributed by atoms with E-state index in [1.807, 2.05) is 21.1 Å². The largest absolute Gasteiger partial charge is 0.307 e. The fourth-order valence-electron chi connectivity index (χ4n) is 6.03. The molecule has 50 heavy (non-hydrogen) atoms. The molecular weight excluding hydrogens is 609 g/mol. The summed E-state index contributed by atoms with van der Waals surface area (Å²) in [6, 6.07) is 34.6. The summed E-state index contributed by atoms with van der Waals surface area (Å²) in [6.45, 7) is 18.4. The van der Waals surface area contributed by atoms with Gasteiger partial charge >= 0.3 is 0 Å². The maximum absolute atomic E-state index is 2.99. The van der Waals surface area contributed by atoms with E-state index in [0.29, 0.717) is 0 Å². The second-order valence-electron chi connectivity index (χ2n) is 13.4. The Bertz CT molecular complexity index is 1500. The van der Waals surface area contributed by atoms with Gasteiger partial charge in [0.1, 0.15) is 0 Å². The second-order valence-corrected chi connectivity index (χ2v) is 13.4. The lowest BCUT2D eigenvalue weighted by Crippen LogP contribution is -2.29. The summed E-state index contributed by atoms with van der Waals surface area (Å²) in [7, 11) is 12.2. The maximum Gasteiger partial charge on any atom is 0.0497 e. The molecule has 1 N–H and O–H groups in total. The van der Waals surface area contributed by atoms with Gasteiger partial charge in [-0.05, 0) is 142 Å². The third-order valence-electron chi connectivity index (χ3n) is 8.48. The normalized spacial score (nSPS) is 10.5. The molecule has 0 saturated heterocycles. The minimum Gasteiger partial charge on any atom is -0.307 e. The van der Waals surface area contributed by atoms with E-state index in [4.69, 9.17) is 0 Å². The highest BCUT2D eigenvalue weighted by Crippen LogP contribution is 2.32. The lowest BCUT2D eigenvalue weighted by molar-refractivity contribution is 0.219. The highest BCUT2D eigenvalue weighted by Gasteiger charge is 2.08. The zero-order chi connectivity index (χ0) is 36.5. The van der Waals surface area contributed by atoms with Crippen molar-refractivity contribution in [1.29, 1.82) is 0 Å². The zero-order valence-electron chi connectivity index (χ0n) is 32.9. The molecular formula is C46H68N4. The van der Waals surface area contributed by atoms with Gasteiger partial charge in [-0.1, -0.05) is 132 Å². The Labute approximate surface area is 306 Å². The first-order valence-corrected chi connectivity index (χ1v) is 17.8. The van der Waals surface area contributed by atoms with Crippen LogP contribution >= 0.6 is 0 Å². The molecule has 0 fully saturated rings. The monoisotopic (exact) mass is 677 g/mol. The van der Waals surface area contributed by atoms with Crippen molar-refractivity contribution in [3.63, 3.8) is 0 Å². The van der Waals surface area contributed by atoms with Crippen LogP contribution in [0.2, 0.25) is 0 Å². The standard InChI is InChI=1S/2C16H14.C6H16N2.C4H12N2.C3H8.CH4/c2*1-11-13-7-3-5-9-15(13)12(2)16-10-6-4-8-14(11)16;1-5-8(4)6-7(2)3;1-5-4-6(2)3;1-3-2;/h2*3-10H,1-2H3;5-6H2,1-4H3;5H,4H2,1-3H3;3H2,1-2H3;1H4. The molecule has 272 valence electrons. The molecule has 0 unspecified atom stereocenters. The predicted octanol–water partition coefficient (Wildman–Crippen LogP) is 11.5. The molecule has 6 aromatic rings. The summed E-state index contributed by atoms with van der Waals surface area (Å²) in [6.07, 6.45) is 1.25. The fourth-order valence-corrected chi connectivity index (χ4v) is 6.03. The summed E-state index contributed by atoms with van der Waals surface area (Å²) in [5.74, 6) is 0. The van der Waals surface area contributed by atoms with Gasteiger partial charge in [-0.15, -0.1) is 0 Å². The van der Waals surface area contributed by atoms with Crippen LogP contribution in [0.15, 0.2) is 97.1 Å². The van der Waals surface area contributed by atoms with Crippen molar-refractivity contribution < 1.29 is 0 Å². The molecule has 6 aromatic carbocycles. The zero-order valence-corrected chi connectivity index (χ0v) is 32.9. The average molecular weight is 677 g/mol. The number of aryl methyl sites for hydroxylation is 4.